The summed E-state index contributed by atoms with van der Waals surface area (Å²) in [5.74, 6) is 2.35. The summed E-state index contributed by atoms with van der Waals surface area (Å²) in [5, 5.41) is 13.2. The van der Waals surface area contributed by atoms with E-state index in [0.717, 1.165) is 32.0 Å². The first kappa shape index (κ1) is 15.4. The van der Waals surface area contributed by atoms with Gasteiger partial charge in [-0.25, -0.2) is 4.98 Å². The monoisotopic (exact) mass is 336 g/mol. The van der Waals surface area contributed by atoms with Crippen molar-refractivity contribution in [3.8, 4) is 17.7 Å². The van der Waals surface area contributed by atoms with Crippen LogP contribution in [-0.4, -0.2) is 46.2 Å². The number of aromatic nitrogens is 3. The minimum atomic E-state index is 0.394. The second kappa shape index (κ2) is 6.75. The lowest BCUT2D eigenvalue weighted by Gasteiger charge is -2.35. The summed E-state index contributed by atoms with van der Waals surface area (Å²) < 4.78 is 10.5. The first-order chi connectivity index (χ1) is 12.3. The van der Waals surface area contributed by atoms with Gasteiger partial charge in [0.1, 0.15) is 11.9 Å². The van der Waals surface area contributed by atoms with Gasteiger partial charge in [-0.3, -0.25) is 4.90 Å². The summed E-state index contributed by atoms with van der Waals surface area (Å²) in [5.41, 5.74) is 0.609. The van der Waals surface area contributed by atoms with Crippen LogP contribution < -0.4 is 4.90 Å². The molecule has 0 aliphatic carbocycles. The Morgan fingerprint density at radius 3 is 2.80 bits per heavy atom. The normalized spacial score (nSPS) is 15.2. The molecule has 1 fully saturated rings. The minimum Gasteiger partial charge on any atom is -0.459 e. The molecule has 0 N–H and O–H groups in total. The van der Waals surface area contributed by atoms with Crippen molar-refractivity contribution >= 4 is 5.82 Å². The summed E-state index contributed by atoms with van der Waals surface area (Å²) in [6.45, 7) is 3.90. The van der Waals surface area contributed by atoms with Crippen molar-refractivity contribution in [3.05, 3.63) is 48.1 Å². The van der Waals surface area contributed by atoms with Gasteiger partial charge in [0.25, 0.3) is 5.89 Å². The third-order valence-corrected chi connectivity index (χ3v) is 4.14. The van der Waals surface area contributed by atoms with Crippen LogP contribution in [0, 0.1) is 11.3 Å². The SMILES string of the molecule is N#Cc1cccnc1N1CCN(Cc2noc(-c3ccco3)n2)CC1. The minimum absolute atomic E-state index is 0.394. The zero-order valence-electron chi connectivity index (χ0n) is 13.5. The summed E-state index contributed by atoms with van der Waals surface area (Å²) >= 11 is 0. The standard InChI is InChI=1S/C17H16N6O2/c18-11-13-3-1-5-19-16(13)23-8-6-22(7-9-23)12-15-20-17(25-21-15)14-4-2-10-24-14/h1-5,10H,6-9,12H2. The first-order valence-corrected chi connectivity index (χ1v) is 8.02. The molecule has 3 aromatic rings. The molecular weight excluding hydrogens is 320 g/mol. The van der Waals surface area contributed by atoms with Crippen LogP contribution in [0.4, 0.5) is 5.82 Å². The van der Waals surface area contributed by atoms with Gasteiger partial charge >= 0.3 is 0 Å². The molecule has 4 heterocycles. The molecule has 4 rings (SSSR count). The molecule has 8 nitrogen and oxygen atoms in total. The van der Waals surface area contributed by atoms with Crippen LogP contribution in [0.2, 0.25) is 0 Å². The first-order valence-electron chi connectivity index (χ1n) is 8.02. The van der Waals surface area contributed by atoms with E-state index in [9.17, 15) is 5.26 Å². The maximum absolute atomic E-state index is 9.21. The molecule has 1 aliphatic heterocycles. The average Bonchev–Trinajstić information content (AvgIpc) is 3.34. The van der Waals surface area contributed by atoms with Gasteiger partial charge in [0, 0.05) is 32.4 Å². The molecule has 0 atom stereocenters. The van der Waals surface area contributed by atoms with Crippen molar-refractivity contribution in [2.75, 3.05) is 31.1 Å². The van der Waals surface area contributed by atoms with Crippen LogP contribution >= 0.6 is 0 Å². The molecule has 3 aromatic heterocycles. The largest absolute Gasteiger partial charge is 0.459 e. The van der Waals surface area contributed by atoms with Crippen molar-refractivity contribution in [2.24, 2.45) is 0 Å². The van der Waals surface area contributed by atoms with Crippen LogP contribution in [-0.2, 0) is 6.54 Å². The van der Waals surface area contributed by atoms with E-state index in [2.05, 4.69) is 31.0 Å². The highest BCUT2D eigenvalue weighted by atomic mass is 16.5. The van der Waals surface area contributed by atoms with E-state index in [1.807, 2.05) is 0 Å². The molecule has 1 aliphatic rings. The Labute approximate surface area is 144 Å². The van der Waals surface area contributed by atoms with Crippen molar-refractivity contribution in [3.63, 3.8) is 0 Å². The topological polar surface area (TPSA) is 95.2 Å². The fourth-order valence-electron chi connectivity index (χ4n) is 2.87. The number of nitrogens with zero attached hydrogens (tertiary/aromatic N) is 6. The highest BCUT2D eigenvalue weighted by molar-refractivity contribution is 5.53. The number of anilines is 1. The highest BCUT2D eigenvalue weighted by Gasteiger charge is 2.22. The Bertz CT molecular complexity index is 875. The van der Waals surface area contributed by atoms with E-state index >= 15 is 0 Å². The van der Waals surface area contributed by atoms with Crippen LogP contribution in [0.1, 0.15) is 11.4 Å². The molecule has 0 spiro atoms. The van der Waals surface area contributed by atoms with Crippen LogP contribution in [0.25, 0.3) is 11.7 Å². The van der Waals surface area contributed by atoms with Crippen molar-refractivity contribution < 1.29 is 8.94 Å². The number of rotatable bonds is 4. The summed E-state index contributed by atoms with van der Waals surface area (Å²) in [7, 11) is 0. The van der Waals surface area contributed by atoms with Gasteiger partial charge in [-0.1, -0.05) is 5.16 Å². The Hall–Kier alpha value is -3.18. The fourth-order valence-corrected chi connectivity index (χ4v) is 2.87. The third-order valence-electron chi connectivity index (χ3n) is 4.14. The van der Waals surface area contributed by atoms with Gasteiger partial charge in [-0.15, -0.1) is 0 Å². The maximum Gasteiger partial charge on any atom is 0.293 e. The van der Waals surface area contributed by atoms with Crippen molar-refractivity contribution in [1.82, 2.24) is 20.0 Å². The molecule has 0 unspecified atom stereocenters. The predicted molar refractivity (Wildman–Crippen MR) is 88.4 cm³/mol. The Morgan fingerprint density at radius 1 is 1.16 bits per heavy atom. The molecule has 0 bridgehead atoms. The Morgan fingerprint density at radius 2 is 2.04 bits per heavy atom. The molecule has 0 saturated carbocycles. The summed E-state index contributed by atoms with van der Waals surface area (Å²) in [6.07, 6.45) is 3.30. The van der Waals surface area contributed by atoms with Gasteiger partial charge in [0.15, 0.2) is 11.6 Å². The predicted octanol–water partition coefficient (Wildman–Crippen LogP) is 1.92. The van der Waals surface area contributed by atoms with E-state index in [0.29, 0.717) is 29.6 Å². The smallest absolute Gasteiger partial charge is 0.293 e. The number of furan rings is 1. The molecule has 0 aromatic carbocycles. The van der Waals surface area contributed by atoms with Crippen LogP contribution in [0.15, 0.2) is 45.7 Å². The molecule has 126 valence electrons. The zero-order chi connectivity index (χ0) is 17.1. The number of nitriles is 1. The van der Waals surface area contributed by atoms with E-state index in [1.54, 1.807) is 36.7 Å². The summed E-state index contributed by atoms with van der Waals surface area (Å²) in [6, 6.07) is 9.35. The van der Waals surface area contributed by atoms with Crippen molar-refractivity contribution in [1.29, 1.82) is 5.26 Å². The molecule has 0 amide bonds. The van der Waals surface area contributed by atoms with Gasteiger partial charge in [0.05, 0.1) is 18.4 Å². The van der Waals surface area contributed by atoms with Crippen LogP contribution in [0.5, 0.6) is 0 Å². The third kappa shape index (κ3) is 3.22. The van der Waals surface area contributed by atoms with Gasteiger partial charge in [-0.2, -0.15) is 10.2 Å². The molecule has 8 heteroatoms. The van der Waals surface area contributed by atoms with Gasteiger partial charge in [-0.05, 0) is 24.3 Å². The number of pyridine rings is 1. The fraction of sp³-hybridized carbons (Fsp3) is 0.294. The lowest BCUT2D eigenvalue weighted by Crippen LogP contribution is -2.46. The number of hydrogen-bond acceptors (Lipinski definition) is 8. The second-order valence-corrected chi connectivity index (χ2v) is 5.74. The molecule has 1 saturated heterocycles. The van der Waals surface area contributed by atoms with E-state index in [1.165, 1.54) is 0 Å². The quantitative estimate of drug-likeness (QED) is 0.713. The Balaban J connectivity index is 1.37. The average molecular weight is 336 g/mol. The summed E-state index contributed by atoms with van der Waals surface area (Å²) in [4.78, 5) is 13.1. The highest BCUT2D eigenvalue weighted by Crippen LogP contribution is 2.20. The second-order valence-electron chi connectivity index (χ2n) is 5.74. The van der Waals surface area contributed by atoms with E-state index < -0.39 is 0 Å². The molecular formula is C17H16N6O2. The van der Waals surface area contributed by atoms with Gasteiger partial charge in [0.2, 0.25) is 0 Å². The number of hydrogen-bond donors (Lipinski definition) is 0. The molecule has 0 radical (unpaired) electrons. The zero-order valence-corrected chi connectivity index (χ0v) is 13.5. The molecule has 25 heavy (non-hydrogen) atoms. The number of piperazine rings is 1. The lowest BCUT2D eigenvalue weighted by atomic mass is 10.2. The van der Waals surface area contributed by atoms with E-state index in [-0.39, 0.29) is 0 Å². The maximum atomic E-state index is 9.21. The van der Waals surface area contributed by atoms with Gasteiger partial charge < -0.3 is 13.8 Å². The van der Waals surface area contributed by atoms with Crippen molar-refractivity contribution in [2.45, 2.75) is 6.54 Å². The Kier molecular flexibility index (Phi) is 4.14. The van der Waals surface area contributed by atoms with Crippen LogP contribution in [0.3, 0.4) is 0 Å². The van der Waals surface area contributed by atoms with E-state index in [4.69, 9.17) is 8.94 Å². The lowest BCUT2D eigenvalue weighted by molar-refractivity contribution is 0.239.